The number of hydrogen-bond donors (Lipinski definition) is 0. The second kappa shape index (κ2) is 8.09. The van der Waals surface area contributed by atoms with Gasteiger partial charge in [-0.25, -0.2) is 4.98 Å². The van der Waals surface area contributed by atoms with Crippen molar-refractivity contribution in [2.45, 2.75) is 26.7 Å². The zero-order valence-electron chi connectivity index (χ0n) is 15.9. The van der Waals surface area contributed by atoms with Gasteiger partial charge in [-0.15, -0.1) is 0 Å². The normalized spacial score (nSPS) is 15.6. The number of benzene rings is 1. The summed E-state index contributed by atoms with van der Waals surface area (Å²) in [5, 5.41) is 8.90. The molecule has 28 heavy (non-hydrogen) atoms. The molecule has 0 spiro atoms. The van der Waals surface area contributed by atoms with E-state index >= 15 is 0 Å². The largest absolute Gasteiger partial charge is 0.445 e. The van der Waals surface area contributed by atoms with Crippen molar-refractivity contribution in [1.29, 1.82) is 0 Å². The zero-order chi connectivity index (χ0) is 20.0. The van der Waals surface area contributed by atoms with Crippen molar-refractivity contribution in [1.82, 2.24) is 9.55 Å². The van der Waals surface area contributed by atoms with Crippen LogP contribution in [0.15, 0.2) is 37.8 Å². The van der Waals surface area contributed by atoms with Crippen LogP contribution in [0.2, 0.25) is 0 Å². The minimum atomic E-state index is 0.538. The Balaban J connectivity index is 1.86. The number of anilines is 1. The lowest BCUT2D eigenvalue weighted by atomic mass is 9.97. The van der Waals surface area contributed by atoms with Crippen LogP contribution in [0.3, 0.4) is 0 Å². The summed E-state index contributed by atoms with van der Waals surface area (Å²) in [6.45, 7) is 6.80. The Morgan fingerprint density at radius 1 is 1.00 bits per heavy atom. The van der Waals surface area contributed by atoms with Crippen LogP contribution >= 0.6 is 47.8 Å². The van der Waals surface area contributed by atoms with E-state index in [1.807, 2.05) is 0 Å². The van der Waals surface area contributed by atoms with Gasteiger partial charge in [0.15, 0.2) is 0 Å². The molecular weight excluding hydrogens is 550 g/mol. The molecule has 0 amide bonds. The van der Waals surface area contributed by atoms with Gasteiger partial charge in [0.05, 0.1) is 5.69 Å². The minimum Gasteiger partial charge on any atom is -0.445 e. The van der Waals surface area contributed by atoms with Gasteiger partial charge in [0.1, 0.15) is 12.3 Å². The molecule has 0 bridgehead atoms. The summed E-state index contributed by atoms with van der Waals surface area (Å²) in [6.07, 6.45) is 4.37. The van der Waals surface area contributed by atoms with Gasteiger partial charge >= 0.3 is 0 Å². The van der Waals surface area contributed by atoms with Gasteiger partial charge in [-0.1, -0.05) is 0 Å². The fourth-order valence-electron chi connectivity index (χ4n) is 4.02. The van der Waals surface area contributed by atoms with Crippen molar-refractivity contribution in [3.63, 3.8) is 0 Å². The summed E-state index contributed by atoms with van der Waals surface area (Å²) >= 11 is 10.9. The zero-order valence-corrected chi connectivity index (χ0v) is 20.7. The summed E-state index contributed by atoms with van der Waals surface area (Å²) in [7, 11) is 0. The van der Waals surface area contributed by atoms with E-state index in [9.17, 15) is 0 Å². The molecule has 3 aromatic rings. The number of aryl methyl sites for hydroxylation is 2. The van der Waals surface area contributed by atoms with Crippen LogP contribution in [-0.2, 0) is 0 Å². The number of fused-ring (bicyclic) bond motifs is 1. The maximum atomic E-state index is 7.67. The molecule has 0 atom stereocenters. The molecule has 3 heterocycles. The van der Waals surface area contributed by atoms with E-state index in [-0.39, 0.29) is 0 Å². The van der Waals surface area contributed by atoms with Crippen LogP contribution in [0.25, 0.3) is 16.7 Å². The molecule has 0 unspecified atom stereocenters. The van der Waals surface area contributed by atoms with E-state index in [1.54, 1.807) is 0 Å². The summed E-state index contributed by atoms with van der Waals surface area (Å²) in [5.41, 5.74) is 5.58. The molecule has 1 aliphatic rings. The lowest BCUT2D eigenvalue weighted by molar-refractivity contribution is 0.203. The Labute approximate surface area is 190 Å². The predicted octanol–water partition coefficient (Wildman–Crippen LogP) is 5.87. The molecule has 2 N–H and O–H groups in total. The van der Waals surface area contributed by atoms with Crippen LogP contribution in [0, 0.1) is 19.8 Å². The average molecular weight is 573 g/mol. The standard InChI is InChI=1S/C21H22Br3N3O/c1-12-10-27(18-9-16(23)15(22)8-17(18)24)21-20(12)19(7-13(2)25-21)26-5-3-14(11-28)4-6-26/h7-10,14,28H,3-6,11H2,1-2H3/p+1. The van der Waals surface area contributed by atoms with Gasteiger partial charge in [0.2, 0.25) is 0 Å². The first-order valence-electron chi connectivity index (χ1n) is 9.42. The van der Waals surface area contributed by atoms with E-state index < -0.39 is 0 Å². The Hall–Kier alpha value is -0.890. The molecule has 1 aliphatic heterocycles. The summed E-state index contributed by atoms with van der Waals surface area (Å²) in [6, 6.07) is 6.38. The first-order valence-corrected chi connectivity index (χ1v) is 11.8. The van der Waals surface area contributed by atoms with E-state index in [0.29, 0.717) is 12.5 Å². The average Bonchev–Trinajstić information content (AvgIpc) is 3.00. The maximum Gasteiger partial charge on any atom is 0.147 e. The van der Waals surface area contributed by atoms with Crippen LogP contribution in [0.1, 0.15) is 24.1 Å². The first-order chi connectivity index (χ1) is 13.4. The highest BCUT2D eigenvalue weighted by Gasteiger charge is 2.24. The SMILES string of the molecule is Cc1cc(N2CCC(C[OH2+])CC2)c2c(C)cn(-c3cc(Br)c(Br)cc3Br)c2n1. The first kappa shape index (κ1) is 20.4. The van der Waals surface area contributed by atoms with Crippen LogP contribution in [-0.4, -0.2) is 34.4 Å². The van der Waals surface area contributed by atoms with Gasteiger partial charge in [-0.05, 0) is 98.2 Å². The Kier molecular flexibility index (Phi) is 5.89. The quantitative estimate of drug-likeness (QED) is 0.291. The van der Waals surface area contributed by atoms with Gasteiger partial charge in [0, 0.05) is 55.4 Å². The second-order valence-corrected chi connectivity index (χ2v) is 10.1. The Morgan fingerprint density at radius 3 is 2.36 bits per heavy atom. The summed E-state index contributed by atoms with van der Waals surface area (Å²) in [5.74, 6) is 0.538. The molecule has 1 aromatic carbocycles. The van der Waals surface area contributed by atoms with Crippen molar-refractivity contribution in [3.05, 3.63) is 49.1 Å². The van der Waals surface area contributed by atoms with Crippen LogP contribution in [0.5, 0.6) is 0 Å². The Bertz CT molecular complexity index is 1040. The molecule has 4 rings (SSSR count). The third-order valence-corrected chi connectivity index (χ3v) is 8.03. The monoisotopic (exact) mass is 570 g/mol. The van der Waals surface area contributed by atoms with E-state index in [1.165, 1.54) is 16.6 Å². The number of aromatic nitrogens is 2. The third-order valence-electron chi connectivity index (χ3n) is 5.55. The van der Waals surface area contributed by atoms with Crippen molar-refractivity contribution in [2.75, 3.05) is 24.6 Å². The van der Waals surface area contributed by atoms with E-state index in [2.05, 4.69) is 95.5 Å². The molecule has 1 saturated heterocycles. The summed E-state index contributed by atoms with van der Waals surface area (Å²) in [4.78, 5) is 7.39. The lowest BCUT2D eigenvalue weighted by Crippen LogP contribution is -2.35. The molecule has 7 heteroatoms. The molecule has 0 saturated carbocycles. The molecule has 148 valence electrons. The van der Waals surface area contributed by atoms with E-state index in [0.717, 1.165) is 56.4 Å². The lowest BCUT2D eigenvalue weighted by Gasteiger charge is -2.32. The van der Waals surface area contributed by atoms with Crippen molar-refractivity contribution < 1.29 is 5.11 Å². The minimum absolute atomic E-state index is 0.538. The number of nitrogens with zero attached hydrogens (tertiary/aromatic N) is 3. The van der Waals surface area contributed by atoms with Crippen LogP contribution < -0.4 is 4.90 Å². The summed E-state index contributed by atoms with van der Waals surface area (Å²) < 4.78 is 5.22. The molecule has 0 radical (unpaired) electrons. The molecule has 4 nitrogen and oxygen atoms in total. The number of halogens is 3. The van der Waals surface area contributed by atoms with E-state index in [4.69, 9.17) is 10.1 Å². The van der Waals surface area contributed by atoms with Crippen LogP contribution in [0.4, 0.5) is 5.69 Å². The molecule has 2 aromatic heterocycles. The number of pyridine rings is 1. The highest BCUT2D eigenvalue weighted by Crippen LogP contribution is 2.38. The highest BCUT2D eigenvalue weighted by atomic mass is 79.9. The molecular formula is C21H23Br3N3O+. The fourth-order valence-corrected chi connectivity index (χ4v) is 5.54. The molecule has 0 aliphatic carbocycles. The van der Waals surface area contributed by atoms with Gasteiger partial charge < -0.3 is 10.0 Å². The highest BCUT2D eigenvalue weighted by molar-refractivity contribution is 9.13. The Morgan fingerprint density at radius 2 is 1.68 bits per heavy atom. The van der Waals surface area contributed by atoms with Gasteiger partial charge in [-0.3, -0.25) is 4.57 Å². The molecule has 1 fully saturated rings. The van der Waals surface area contributed by atoms with Crippen molar-refractivity contribution in [2.24, 2.45) is 5.92 Å². The van der Waals surface area contributed by atoms with Crippen molar-refractivity contribution >= 4 is 64.5 Å². The number of hydrogen-bond acceptors (Lipinski definition) is 2. The maximum absolute atomic E-state index is 7.67. The topological polar surface area (TPSA) is 44.0 Å². The second-order valence-electron chi connectivity index (χ2n) is 7.52. The fraction of sp³-hybridized carbons (Fsp3) is 0.381. The number of piperidine rings is 1. The van der Waals surface area contributed by atoms with Gasteiger partial charge in [-0.2, -0.15) is 0 Å². The third kappa shape index (κ3) is 3.66. The van der Waals surface area contributed by atoms with Gasteiger partial charge in [0.25, 0.3) is 0 Å². The number of rotatable bonds is 3. The van der Waals surface area contributed by atoms with Crippen molar-refractivity contribution in [3.8, 4) is 5.69 Å². The predicted molar refractivity (Wildman–Crippen MR) is 127 cm³/mol. The smallest absolute Gasteiger partial charge is 0.147 e.